The predicted octanol–water partition coefficient (Wildman–Crippen LogP) is 1.33. The van der Waals surface area contributed by atoms with E-state index in [1.807, 2.05) is 18.2 Å². The highest BCUT2D eigenvalue weighted by Gasteiger charge is 2.32. The number of benzene rings is 1. The van der Waals surface area contributed by atoms with Gasteiger partial charge in [-0.25, -0.2) is 0 Å². The Morgan fingerprint density at radius 2 is 2.12 bits per heavy atom. The summed E-state index contributed by atoms with van der Waals surface area (Å²) in [6.07, 6.45) is 0. The summed E-state index contributed by atoms with van der Waals surface area (Å²) < 4.78 is 5.39. The molecular weight excluding hydrogens is 202 g/mol. The van der Waals surface area contributed by atoms with Crippen LogP contribution in [-0.4, -0.2) is 43.9 Å². The van der Waals surface area contributed by atoms with Crippen LogP contribution in [0.1, 0.15) is 11.5 Å². The normalized spacial score (nSPS) is 25.9. The molecule has 2 rings (SSSR count). The second-order valence-corrected chi connectivity index (χ2v) is 4.51. The van der Waals surface area contributed by atoms with Gasteiger partial charge in [-0.15, -0.1) is 0 Å². The summed E-state index contributed by atoms with van der Waals surface area (Å²) in [5.74, 6) is 1.63. The Balaban J connectivity index is 2.28. The van der Waals surface area contributed by atoms with Crippen molar-refractivity contribution in [3.05, 3.63) is 29.8 Å². The summed E-state index contributed by atoms with van der Waals surface area (Å²) in [6, 6.07) is 8.10. The fourth-order valence-corrected chi connectivity index (χ4v) is 2.60. The lowest BCUT2D eigenvalue weighted by atomic mass is 9.89. The van der Waals surface area contributed by atoms with Gasteiger partial charge in [0.2, 0.25) is 0 Å². The molecule has 0 bridgehead atoms. The van der Waals surface area contributed by atoms with Crippen molar-refractivity contribution in [2.45, 2.75) is 5.92 Å². The number of hydrogen-bond acceptors (Lipinski definition) is 3. The van der Waals surface area contributed by atoms with E-state index in [9.17, 15) is 5.11 Å². The number of para-hydroxylation sites is 1. The van der Waals surface area contributed by atoms with Crippen LogP contribution in [-0.2, 0) is 0 Å². The SMILES string of the molecule is COc1ccccc1[C@@H]1CN(C)C[C@H]1CO. The summed E-state index contributed by atoms with van der Waals surface area (Å²) in [5.41, 5.74) is 1.22. The highest BCUT2D eigenvalue weighted by Crippen LogP contribution is 2.36. The number of likely N-dealkylation sites (N-methyl/N-ethyl adjacent to an activating group) is 1. The molecular formula is C13H19NO2. The lowest BCUT2D eigenvalue weighted by Gasteiger charge is -2.19. The zero-order valence-corrected chi connectivity index (χ0v) is 9.89. The Morgan fingerprint density at radius 1 is 1.38 bits per heavy atom. The average molecular weight is 221 g/mol. The highest BCUT2D eigenvalue weighted by atomic mass is 16.5. The standard InChI is InChI=1S/C13H19NO2/c1-14-7-10(9-15)12(8-14)11-5-3-4-6-13(11)16-2/h3-6,10,12,15H,7-9H2,1-2H3/t10-,12+/m0/s1. The van der Waals surface area contributed by atoms with Crippen molar-refractivity contribution in [2.75, 3.05) is 33.9 Å². The number of rotatable bonds is 3. The van der Waals surface area contributed by atoms with Crippen LogP contribution in [0.2, 0.25) is 0 Å². The van der Waals surface area contributed by atoms with Gasteiger partial charge in [-0.2, -0.15) is 0 Å². The average Bonchev–Trinajstić information content (AvgIpc) is 2.70. The number of ether oxygens (including phenoxy) is 1. The Labute approximate surface area is 96.6 Å². The van der Waals surface area contributed by atoms with Gasteiger partial charge in [-0.3, -0.25) is 0 Å². The molecule has 1 fully saturated rings. The van der Waals surface area contributed by atoms with Crippen LogP contribution in [0.5, 0.6) is 5.75 Å². The maximum Gasteiger partial charge on any atom is 0.122 e. The quantitative estimate of drug-likeness (QED) is 0.836. The lowest BCUT2D eigenvalue weighted by Crippen LogP contribution is -2.16. The number of methoxy groups -OCH3 is 1. The summed E-state index contributed by atoms with van der Waals surface area (Å²) in [7, 11) is 3.80. The van der Waals surface area contributed by atoms with E-state index in [0.717, 1.165) is 18.8 Å². The molecule has 0 unspecified atom stereocenters. The number of aliphatic hydroxyl groups is 1. The summed E-state index contributed by atoms with van der Waals surface area (Å²) in [6.45, 7) is 2.19. The molecule has 0 radical (unpaired) electrons. The molecule has 2 atom stereocenters. The molecule has 0 amide bonds. The monoisotopic (exact) mass is 221 g/mol. The van der Waals surface area contributed by atoms with Gasteiger partial charge in [0.1, 0.15) is 5.75 Å². The van der Waals surface area contributed by atoms with Gasteiger partial charge in [-0.05, 0) is 18.7 Å². The van der Waals surface area contributed by atoms with Crippen molar-refractivity contribution >= 4 is 0 Å². The number of likely N-dealkylation sites (tertiary alicyclic amines) is 1. The van der Waals surface area contributed by atoms with E-state index < -0.39 is 0 Å². The second-order valence-electron chi connectivity index (χ2n) is 4.51. The first kappa shape index (κ1) is 11.4. The largest absolute Gasteiger partial charge is 0.496 e. The topological polar surface area (TPSA) is 32.7 Å². The first-order chi connectivity index (χ1) is 7.76. The minimum atomic E-state index is 0.243. The summed E-state index contributed by atoms with van der Waals surface area (Å²) in [5, 5.41) is 9.41. The first-order valence-electron chi connectivity index (χ1n) is 5.68. The fourth-order valence-electron chi connectivity index (χ4n) is 2.60. The Hall–Kier alpha value is -1.06. The third-order valence-corrected chi connectivity index (χ3v) is 3.40. The summed E-state index contributed by atoms with van der Waals surface area (Å²) in [4.78, 5) is 2.26. The zero-order valence-electron chi connectivity index (χ0n) is 9.89. The van der Waals surface area contributed by atoms with Gasteiger partial charge >= 0.3 is 0 Å². The maximum absolute atomic E-state index is 9.41. The van der Waals surface area contributed by atoms with E-state index in [2.05, 4.69) is 18.0 Å². The van der Waals surface area contributed by atoms with Crippen LogP contribution in [0, 0.1) is 5.92 Å². The van der Waals surface area contributed by atoms with Crippen LogP contribution < -0.4 is 4.74 Å². The molecule has 1 saturated heterocycles. The third-order valence-electron chi connectivity index (χ3n) is 3.40. The van der Waals surface area contributed by atoms with Gasteiger partial charge in [0.25, 0.3) is 0 Å². The van der Waals surface area contributed by atoms with Crippen LogP contribution in [0.4, 0.5) is 0 Å². The molecule has 88 valence electrons. The predicted molar refractivity (Wildman–Crippen MR) is 63.8 cm³/mol. The minimum Gasteiger partial charge on any atom is -0.496 e. The number of hydrogen-bond donors (Lipinski definition) is 1. The van der Waals surface area contributed by atoms with Crippen molar-refractivity contribution < 1.29 is 9.84 Å². The number of nitrogens with zero attached hydrogens (tertiary/aromatic N) is 1. The van der Waals surface area contributed by atoms with Crippen molar-refractivity contribution in [2.24, 2.45) is 5.92 Å². The van der Waals surface area contributed by atoms with Crippen LogP contribution in [0.25, 0.3) is 0 Å². The molecule has 0 saturated carbocycles. The van der Waals surface area contributed by atoms with E-state index >= 15 is 0 Å². The maximum atomic E-state index is 9.41. The Morgan fingerprint density at radius 3 is 2.81 bits per heavy atom. The molecule has 1 aromatic rings. The molecule has 1 aromatic carbocycles. The molecule has 1 N–H and O–H groups in total. The van der Waals surface area contributed by atoms with Crippen molar-refractivity contribution in [3.8, 4) is 5.75 Å². The fraction of sp³-hybridized carbons (Fsp3) is 0.538. The van der Waals surface area contributed by atoms with Gasteiger partial charge < -0.3 is 14.7 Å². The molecule has 1 aliphatic rings. The van der Waals surface area contributed by atoms with Crippen LogP contribution in [0.3, 0.4) is 0 Å². The Kier molecular flexibility index (Phi) is 3.46. The van der Waals surface area contributed by atoms with Crippen LogP contribution in [0.15, 0.2) is 24.3 Å². The van der Waals surface area contributed by atoms with Gasteiger partial charge in [0.15, 0.2) is 0 Å². The molecule has 3 nitrogen and oxygen atoms in total. The van der Waals surface area contributed by atoms with Crippen molar-refractivity contribution in [1.29, 1.82) is 0 Å². The van der Waals surface area contributed by atoms with E-state index in [1.54, 1.807) is 7.11 Å². The molecule has 1 aliphatic heterocycles. The third kappa shape index (κ3) is 2.06. The second kappa shape index (κ2) is 4.85. The van der Waals surface area contributed by atoms with E-state index in [0.29, 0.717) is 11.8 Å². The molecule has 0 aromatic heterocycles. The van der Waals surface area contributed by atoms with E-state index in [4.69, 9.17) is 4.74 Å². The van der Waals surface area contributed by atoms with Gasteiger partial charge in [0.05, 0.1) is 7.11 Å². The highest BCUT2D eigenvalue weighted by molar-refractivity contribution is 5.37. The summed E-state index contributed by atoms with van der Waals surface area (Å²) >= 11 is 0. The van der Waals surface area contributed by atoms with Gasteiger partial charge in [0, 0.05) is 31.5 Å². The zero-order chi connectivity index (χ0) is 11.5. The van der Waals surface area contributed by atoms with E-state index in [-0.39, 0.29) is 6.61 Å². The molecule has 0 aliphatic carbocycles. The smallest absolute Gasteiger partial charge is 0.122 e. The minimum absolute atomic E-state index is 0.243. The van der Waals surface area contributed by atoms with E-state index in [1.165, 1.54) is 5.56 Å². The number of aliphatic hydroxyl groups excluding tert-OH is 1. The molecule has 3 heteroatoms. The molecule has 0 spiro atoms. The molecule has 16 heavy (non-hydrogen) atoms. The molecule has 1 heterocycles. The van der Waals surface area contributed by atoms with Crippen molar-refractivity contribution in [1.82, 2.24) is 4.90 Å². The lowest BCUT2D eigenvalue weighted by molar-refractivity contribution is 0.218. The van der Waals surface area contributed by atoms with Crippen LogP contribution >= 0.6 is 0 Å². The first-order valence-corrected chi connectivity index (χ1v) is 5.68. The van der Waals surface area contributed by atoms with Crippen molar-refractivity contribution in [3.63, 3.8) is 0 Å². The Bertz CT molecular complexity index is 354. The van der Waals surface area contributed by atoms with Gasteiger partial charge in [-0.1, -0.05) is 18.2 Å².